The Labute approximate surface area is 141 Å². The van der Waals surface area contributed by atoms with Crippen molar-refractivity contribution in [3.63, 3.8) is 0 Å². The lowest BCUT2D eigenvalue weighted by Crippen LogP contribution is -2.40. The molecule has 0 aromatic heterocycles. The minimum absolute atomic E-state index is 0.116. The third-order valence-electron chi connectivity index (χ3n) is 4.78. The highest BCUT2D eigenvalue weighted by Gasteiger charge is 2.35. The Kier molecular flexibility index (Phi) is 5.35. The molecule has 0 spiro atoms. The highest BCUT2D eigenvalue weighted by atomic mass is 16.5. The van der Waals surface area contributed by atoms with Crippen molar-refractivity contribution in [2.45, 2.75) is 31.7 Å². The monoisotopic (exact) mass is 333 g/mol. The number of para-hydroxylation sites is 1. The molecular weight excluding hydrogens is 310 g/mol. The number of benzene rings is 1. The lowest BCUT2D eigenvalue weighted by molar-refractivity contribution is -0.150. The van der Waals surface area contributed by atoms with Crippen LogP contribution in [0.15, 0.2) is 24.3 Å². The molecule has 2 aliphatic rings. The number of rotatable bonds is 4. The van der Waals surface area contributed by atoms with Gasteiger partial charge in [0.2, 0.25) is 5.91 Å². The van der Waals surface area contributed by atoms with Crippen molar-refractivity contribution < 1.29 is 24.2 Å². The molecule has 1 fully saturated rings. The fraction of sp³-hybridized carbons (Fsp3) is 0.556. The van der Waals surface area contributed by atoms with Crippen molar-refractivity contribution in [2.75, 3.05) is 26.4 Å². The Balaban J connectivity index is 1.72. The molecule has 1 atom stereocenters. The number of carboxylic acid groups (broad SMARTS) is 1. The Morgan fingerprint density at radius 2 is 1.92 bits per heavy atom. The standard InChI is InChI=1S/C18H23NO5/c20-16(6-5-13-7-10-23-11-8-13)19-9-12-24-15-4-2-1-3-14(15)17(19)18(21)22/h1-4,13,17H,5-12H2,(H,21,22). The molecule has 0 radical (unpaired) electrons. The lowest BCUT2D eigenvalue weighted by atomic mass is 9.94. The summed E-state index contributed by atoms with van der Waals surface area (Å²) < 4.78 is 11.0. The van der Waals surface area contributed by atoms with Crippen LogP contribution in [0.1, 0.15) is 37.3 Å². The van der Waals surface area contributed by atoms with Gasteiger partial charge in [0, 0.05) is 25.2 Å². The molecule has 0 aliphatic carbocycles. The van der Waals surface area contributed by atoms with Crippen LogP contribution in [0.4, 0.5) is 0 Å². The Morgan fingerprint density at radius 3 is 2.67 bits per heavy atom. The van der Waals surface area contributed by atoms with Gasteiger partial charge >= 0.3 is 5.97 Å². The van der Waals surface area contributed by atoms with E-state index in [1.54, 1.807) is 24.3 Å². The molecule has 1 amide bonds. The molecule has 1 unspecified atom stereocenters. The Bertz CT molecular complexity index is 597. The summed E-state index contributed by atoms with van der Waals surface area (Å²) in [5, 5.41) is 9.68. The topological polar surface area (TPSA) is 76.1 Å². The summed E-state index contributed by atoms with van der Waals surface area (Å²) in [6.07, 6.45) is 3.10. The second kappa shape index (κ2) is 7.66. The molecule has 1 aromatic carbocycles. The first-order valence-corrected chi connectivity index (χ1v) is 8.48. The van der Waals surface area contributed by atoms with Gasteiger partial charge in [0.1, 0.15) is 12.4 Å². The molecule has 2 heterocycles. The van der Waals surface area contributed by atoms with Crippen molar-refractivity contribution >= 4 is 11.9 Å². The van der Waals surface area contributed by atoms with Gasteiger partial charge in [-0.25, -0.2) is 4.79 Å². The highest BCUT2D eigenvalue weighted by molar-refractivity contribution is 5.85. The average molecular weight is 333 g/mol. The molecule has 6 nitrogen and oxygen atoms in total. The van der Waals surface area contributed by atoms with E-state index in [2.05, 4.69) is 0 Å². The zero-order chi connectivity index (χ0) is 16.9. The van der Waals surface area contributed by atoms with Crippen LogP contribution in [0.25, 0.3) is 0 Å². The first-order valence-electron chi connectivity index (χ1n) is 8.48. The second-order valence-electron chi connectivity index (χ2n) is 6.31. The van der Waals surface area contributed by atoms with Gasteiger partial charge in [-0.15, -0.1) is 0 Å². The van der Waals surface area contributed by atoms with Gasteiger partial charge in [-0.3, -0.25) is 4.79 Å². The summed E-state index contributed by atoms with van der Waals surface area (Å²) in [5.74, 6) is -0.104. The molecule has 1 N–H and O–H groups in total. The van der Waals surface area contributed by atoms with E-state index in [1.807, 2.05) is 0 Å². The van der Waals surface area contributed by atoms with E-state index in [-0.39, 0.29) is 12.5 Å². The van der Waals surface area contributed by atoms with Crippen molar-refractivity contribution in [1.29, 1.82) is 0 Å². The van der Waals surface area contributed by atoms with Crippen LogP contribution in [0.2, 0.25) is 0 Å². The van der Waals surface area contributed by atoms with Crippen LogP contribution in [0, 0.1) is 5.92 Å². The van der Waals surface area contributed by atoms with E-state index < -0.39 is 12.0 Å². The first-order chi connectivity index (χ1) is 11.7. The predicted molar refractivity (Wildman–Crippen MR) is 86.8 cm³/mol. The molecule has 0 bridgehead atoms. The van der Waals surface area contributed by atoms with E-state index in [0.717, 1.165) is 32.5 Å². The molecule has 130 valence electrons. The third-order valence-corrected chi connectivity index (χ3v) is 4.78. The van der Waals surface area contributed by atoms with Crippen LogP contribution >= 0.6 is 0 Å². The Hall–Kier alpha value is -2.08. The number of ether oxygens (including phenoxy) is 2. The van der Waals surface area contributed by atoms with E-state index in [1.165, 1.54) is 4.90 Å². The van der Waals surface area contributed by atoms with Crippen LogP contribution in [0.3, 0.4) is 0 Å². The molecule has 1 aromatic rings. The summed E-state index contributed by atoms with van der Waals surface area (Å²) in [4.78, 5) is 26.0. The fourth-order valence-corrected chi connectivity index (χ4v) is 3.43. The number of hydrogen-bond donors (Lipinski definition) is 1. The first kappa shape index (κ1) is 16.8. The number of carbonyl (C=O) groups is 2. The number of carbonyl (C=O) groups excluding carboxylic acids is 1. The van der Waals surface area contributed by atoms with Crippen LogP contribution in [0.5, 0.6) is 5.75 Å². The molecule has 0 saturated carbocycles. The van der Waals surface area contributed by atoms with Crippen molar-refractivity contribution in [1.82, 2.24) is 4.90 Å². The largest absolute Gasteiger partial charge is 0.491 e. The number of fused-ring (bicyclic) bond motifs is 1. The zero-order valence-electron chi connectivity index (χ0n) is 13.6. The third kappa shape index (κ3) is 3.70. The van der Waals surface area contributed by atoms with Gasteiger partial charge in [0.15, 0.2) is 6.04 Å². The van der Waals surface area contributed by atoms with Gasteiger partial charge in [0.05, 0.1) is 6.54 Å². The number of carboxylic acids is 1. The predicted octanol–water partition coefficient (Wildman–Crippen LogP) is 2.24. The lowest BCUT2D eigenvalue weighted by Gasteiger charge is -2.28. The quantitative estimate of drug-likeness (QED) is 0.914. The number of aliphatic carboxylic acids is 1. The summed E-state index contributed by atoms with van der Waals surface area (Å²) in [5.41, 5.74) is 0.543. The maximum Gasteiger partial charge on any atom is 0.331 e. The molecule has 6 heteroatoms. The minimum Gasteiger partial charge on any atom is -0.491 e. The number of hydrogen-bond acceptors (Lipinski definition) is 4. The van der Waals surface area contributed by atoms with E-state index in [0.29, 0.717) is 30.3 Å². The van der Waals surface area contributed by atoms with Gasteiger partial charge in [-0.05, 0) is 31.2 Å². The van der Waals surface area contributed by atoms with Crippen molar-refractivity contribution in [2.24, 2.45) is 5.92 Å². The number of nitrogens with zero attached hydrogens (tertiary/aromatic N) is 1. The van der Waals surface area contributed by atoms with Gasteiger partial charge in [-0.1, -0.05) is 18.2 Å². The SMILES string of the molecule is O=C(O)C1c2ccccc2OCCN1C(=O)CCC1CCOCC1. The Morgan fingerprint density at radius 1 is 1.17 bits per heavy atom. The maximum absolute atomic E-state index is 12.7. The fourth-order valence-electron chi connectivity index (χ4n) is 3.43. The number of amides is 1. The van der Waals surface area contributed by atoms with Gasteiger partial charge < -0.3 is 19.5 Å². The van der Waals surface area contributed by atoms with E-state index >= 15 is 0 Å². The summed E-state index contributed by atoms with van der Waals surface area (Å²) >= 11 is 0. The molecular formula is C18H23NO5. The second-order valence-corrected chi connectivity index (χ2v) is 6.31. The molecule has 1 saturated heterocycles. The van der Waals surface area contributed by atoms with Crippen molar-refractivity contribution in [3.8, 4) is 5.75 Å². The smallest absolute Gasteiger partial charge is 0.331 e. The van der Waals surface area contributed by atoms with E-state index in [9.17, 15) is 14.7 Å². The average Bonchev–Trinajstić information content (AvgIpc) is 2.80. The minimum atomic E-state index is -1.02. The normalized spacial score (nSPS) is 21.5. The summed E-state index contributed by atoms with van der Waals surface area (Å²) in [7, 11) is 0. The van der Waals surface area contributed by atoms with E-state index in [4.69, 9.17) is 9.47 Å². The molecule has 2 aliphatic heterocycles. The molecule has 24 heavy (non-hydrogen) atoms. The molecule has 3 rings (SSSR count). The van der Waals surface area contributed by atoms with Crippen LogP contribution < -0.4 is 4.74 Å². The van der Waals surface area contributed by atoms with Crippen LogP contribution in [-0.2, 0) is 14.3 Å². The summed E-state index contributed by atoms with van der Waals surface area (Å²) in [6, 6.07) is 6.07. The maximum atomic E-state index is 12.7. The highest BCUT2D eigenvalue weighted by Crippen LogP contribution is 2.33. The van der Waals surface area contributed by atoms with Gasteiger partial charge in [0.25, 0.3) is 0 Å². The van der Waals surface area contributed by atoms with Crippen molar-refractivity contribution in [3.05, 3.63) is 29.8 Å². The zero-order valence-corrected chi connectivity index (χ0v) is 13.6. The van der Waals surface area contributed by atoms with Gasteiger partial charge in [-0.2, -0.15) is 0 Å². The summed E-state index contributed by atoms with van der Waals surface area (Å²) in [6.45, 7) is 2.10. The van der Waals surface area contributed by atoms with Crippen LogP contribution in [-0.4, -0.2) is 48.2 Å².